The largest absolute Gasteiger partial charge is 0.353 e. The zero-order valence-corrected chi connectivity index (χ0v) is 17.7. The van der Waals surface area contributed by atoms with Crippen LogP contribution in [0.1, 0.15) is 77.6 Å². The van der Waals surface area contributed by atoms with E-state index in [0.717, 1.165) is 57.8 Å². The topological polar surface area (TPSA) is 29.1 Å². The minimum Gasteiger partial charge on any atom is -0.353 e. The molecule has 2 nitrogen and oxygen atoms in total. The van der Waals surface area contributed by atoms with E-state index in [1.165, 1.54) is 6.42 Å². The Morgan fingerprint density at radius 3 is 1.54 bits per heavy atom. The standard InChI is InChI=1S/C26H39NO/c1-2-3-4-5-6-7-8-9-10-11-12-13-14-15-16-17-18-19-20-24-26(28)27-25-22-21-23-25/h3-4,6-7,9-10,12-13,15-16,18-19,25H,2,5,8,11,14,17,20-24H2,1H3,(H,27,28)/b4-3-,7-6-,10-9-,13-12-,16-15-,19-18-. The molecule has 0 aromatic carbocycles. The van der Waals surface area contributed by atoms with Gasteiger partial charge in [0.15, 0.2) is 0 Å². The second kappa shape index (κ2) is 18.3. The zero-order valence-electron chi connectivity index (χ0n) is 17.7. The molecule has 0 spiro atoms. The third-order valence-electron chi connectivity index (χ3n) is 4.60. The summed E-state index contributed by atoms with van der Waals surface area (Å²) in [5.41, 5.74) is 0. The van der Waals surface area contributed by atoms with E-state index in [2.05, 4.69) is 85.2 Å². The molecule has 0 bridgehead atoms. The number of nitrogens with one attached hydrogen (secondary N) is 1. The lowest BCUT2D eigenvalue weighted by Crippen LogP contribution is -2.39. The maximum atomic E-state index is 11.7. The highest BCUT2D eigenvalue weighted by Gasteiger charge is 2.18. The molecule has 28 heavy (non-hydrogen) atoms. The number of allylic oxidation sites excluding steroid dienone is 12. The van der Waals surface area contributed by atoms with E-state index in [-0.39, 0.29) is 5.91 Å². The van der Waals surface area contributed by atoms with Gasteiger partial charge in [0, 0.05) is 12.5 Å². The van der Waals surface area contributed by atoms with E-state index in [4.69, 9.17) is 0 Å². The first kappa shape index (κ1) is 23.9. The molecule has 1 rings (SSSR count). The average molecular weight is 382 g/mol. The van der Waals surface area contributed by atoms with Crippen LogP contribution in [0.5, 0.6) is 0 Å². The maximum Gasteiger partial charge on any atom is 0.220 e. The Morgan fingerprint density at radius 1 is 0.714 bits per heavy atom. The number of carbonyl (C=O) groups excluding carboxylic acids is 1. The monoisotopic (exact) mass is 381 g/mol. The van der Waals surface area contributed by atoms with Crippen LogP contribution >= 0.6 is 0 Å². The van der Waals surface area contributed by atoms with Crippen molar-refractivity contribution in [1.82, 2.24) is 5.32 Å². The second-order valence-electron chi connectivity index (χ2n) is 7.15. The maximum absolute atomic E-state index is 11.7. The van der Waals surface area contributed by atoms with Crippen molar-refractivity contribution in [2.24, 2.45) is 0 Å². The van der Waals surface area contributed by atoms with Crippen LogP contribution < -0.4 is 5.32 Å². The minimum atomic E-state index is 0.198. The van der Waals surface area contributed by atoms with Gasteiger partial charge in [0.05, 0.1) is 0 Å². The van der Waals surface area contributed by atoms with E-state index in [9.17, 15) is 4.79 Å². The molecule has 1 aliphatic carbocycles. The summed E-state index contributed by atoms with van der Waals surface area (Å²) < 4.78 is 0. The predicted molar refractivity (Wildman–Crippen MR) is 123 cm³/mol. The molecule has 0 unspecified atom stereocenters. The third-order valence-corrected chi connectivity index (χ3v) is 4.60. The third kappa shape index (κ3) is 15.0. The summed E-state index contributed by atoms with van der Waals surface area (Å²) in [4.78, 5) is 11.7. The van der Waals surface area contributed by atoms with Crippen LogP contribution in [-0.4, -0.2) is 11.9 Å². The molecule has 0 aromatic rings. The van der Waals surface area contributed by atoms with Crippen LogP contribution in [0.2, 0.25) is 0 Å². The molecule has 0 saturated heterocycles. The van der Waals surface area contributed by atoms with Crippen LogP contribution in [0.4, 0.5) is 0 Å². The Balaban J connectivity index is 1.91. The van der Waals surface area contributed by atoms with Crippen molar-refractivity contribution in [2.75, 3.05) is 0 Å². The normalized spacial score (nSPS) is 15.9. The lowest BCUT2D eigenvalue weighted by molar-refractivity contribution is -0.122. The van der Waals surface area contributed by atoms with E-state index < -0.39 is 0 Å². The van der Waals surface area contributed by atoms with Crippen molar-refractivity contribution >= 4 is 5.91 Å². The second-order valence-corrected chi connectivity index (χ2v) is 7.15. The van der Waals surface area contributed by atoms with Gasteiger partial charge in [-0.3, -0.25) is 4.79 Å². The Bertz CT molecular complexity index is 559. The van der Waals surface area contributed by atoms with Crippen LogP contribution in [-0.2, 0) is 4.79 Å². The molecule has 1 amide bonds. The molecule has 0 atom stereocenters. The highest BCUT2D eigenvalue weighted by molar-refractivity contribution is 5.76. The summed E-state index contributed by atoms with van der Waals surface area (Å²) in [6.07, 6.45) is 37.5. The lowest BCUT2D eigenvalue weighted by Gasteiger charge is -2.26. The molecule has 2 heteroatoms. The molecule has 0 aromatic heterocycles. The van der Waals surface area contributed by atoms with Gasteiger partial charge in [0.1, 0.15) is 0 Å². The van der Waals surface area contributed by atoms with Gasteiger partial charge in [0.25, 0.3) is 0 Å². The van der Waals surface area contributed by atoms with Gasteiger partial charge in [-0.2, -0.15) is 0 Å². The molecule has 0 aliphatic heterocycles. The van der Waals surface area contributed by atoms with Gasteiger partial charge >= 0.3 is 0 Å². The van der Waals surface area contributed by atoms with Crippen molar-refractivity contribution in [1.29, 1.82) is 0 Å². The molecule has 0 radical (unpaired) electrons. The molecule has 154 valence electrons. The molecule has 1 fully saturated rings. The Kier molecular flexibility index (Phi) is 15.6. The number of rotatable bonds is 15. The van der Waals surface area contributed by atoms with Gasteiger partial charge in [0.2, 0.25) is 5.91 Å². The van der Waals surface area contributed by atoms with Gasteiger partial charge in [-0.25, -0.2) is 0 Å². The number of carbonyl (C=O) groups is 1. The van der Waals surface area contributed by atoms with Crippen molar-refractivity contribution in [3.8, 4) is 0 Å². The SMILES string of the molecule is CC/C=C\C/C=C\C/C=C\C/C=C\C/C=C\C/C=C\CCC(=O)NC1CCC1. The fourth-order valence-corrected chi connectivity index (χ4v) is 2.71. The van der Waals surface area contributed by atoms with Crippen molar-refractivity contribution in [3.63, 3.8) is 0 Å². The summed E-state index contributed by atoms with van der Waals surface area (Å²) in [5.74, 6) is 0.198. The lowest BCUT2D eigenvalue weighted by atomic mass is 9.93. The molecule has 1 aliphatic rings. The number of hydrogen-bond acceptors (Lipinski definition) is 1. The van der Waals surface area contributed by atoms with Crippen LogP contribution in [0.3, 0.4) is 0 Å². The summed E-state index contributed by atoms with van der Waals surface area (Å²) >= 11 is 0. The Hall–Kier alpha value is -2.09. The van der Waals surface area contributed by atoms with Crippen LogP contribution in [0.25, 0.3) is 0 Å². The van der Waals surface area contributed by atoms with E-state index in [0.29, 0.717) is 12.5 Å². The summed E-state index contributed by atoms with van der Waals surface area (Å²) in [6, 6.07) is 0.456. The fourth-order valence-electron chi connectivity index (χ4n) is 2.71. The first-order valence-corrected chi connectivity index (χ1v) is 11.0. The van der Waals surface area contributed by atoms with Crippen LogP contribution in [0, 0.1) is 0 Å². The minimum absolute atomic E-state index is 0.198. The van der Waals surface area contributed by atoms with Crippen molar-refractivity contribution in [3.05, 3.63) is 72.9 Å². The smallest absolute Gasteiger partial charge is 0.220 e. The van der Waals surface area contributed by atoms with Gasteiger partial charge in [-0.15, -0.1) is 0 Å². The molecule has 1 N–H and O–H groups in total. The fraction of sp³-hybridized carbons (Fsp3) is 0.500. The molecule has 0 heterocycles. The quantitative estimate of drug-likeness (QED) is 0.300. The summed E-state index contributed by atoms with van der Waals surface area (Å²) in [5, 5.41) is 3.07. The predicted octanol–water partition coefficient (Wildman–Crippen LogP) is 7.13. The van der Waals surface area contributed by atoms with Crippen molar-refractivity contribution in [2.45, 2.75) is 83.6 Å². The van der Waals surface area contributed by atoms with E-state index >= 15 is 0 Å². The molecular formula is C26H39NO. The first-order valence-electron chi connectivity index (χ1n) is 11.0. The highest BCUT2D eigenvalue weighted by atomic mass is 16.1. The van der Waals surface area contributed by atoms with E-state index in [1.807, 2.05) is 0 Å². The number of hydrogen-bond donors (Lipinski definition) is 1. The summed E-state index contributed by atoms with van der Waals surface area (Å²) in [7, 11) is 0. The van der Waals surface area contributed by atoms with Crippen LogP contribution in [0.15, 0.2) is 72.9 Å². The molecule has 1 saturated carbocycles. The number of amides is 1. The summed E-state index contributed by atoms with van der Waals surface area (Å²) in [6.45, 7) is 2.16. The zero-order chi connectivity index (χ0) is 20.1. The first-order chi connectivity index (χ1) is 13.8. The molecular weight excluding hydrogens is 342 g/mol. The van der Waals surface area contributed by atoms with Gasteiger partial charge in [-0.05, 0) is 64.2 Å². The van der Waals surface area contributed by atoms with E-state index in [1.54, 1.807) is 0 Å². The highest BCUT2D eigenvalue weighted by Crippen LogP contribution is 2.18. The average Bonchev–Trinajstić information content (AvgIpc) is 2.66. The van der Waals surface area contributed by atoms with Gasteiger partial charge < -0.3 is 5.32 Å². The van der Waals surface area contributed by atoms with Gasteiger partial charge in [-0.1, -0.05) is 79.8 Å². The Morgan fingerprint density at radius 2 is 1.14 bits per heavy atom. The van der Waals surface area contributed by atoms with Crippen molar-refractivity contribution < 1.29 is 4.79 Å². The Labute approximate surface area is 172 Å².